The Hall–Kier alpha value is -2.71. The molecule has 1 N–H and O–H groups in total. The van der Waals surface area contributed by atoms with Crippen LogP contribution in [0.5, 0.6) is 0 Å². The van der Waals surface area contributed by atoms with E-state index >= 15 is 0 Å². The normalized spacial score (nSPS) is 18.4. The van der Waals surface area contributed by atoms with Gasteiger partial charge in [-0.2, -0.15) is 5.10 Å². The molecule has 0 unspecified atom stereocenters. The molecule has 7 nitrogen and oxygen atoms in total. The number of H-pyrrole nitrogens is 1. The zero-order valence-electron chi connectivity index (χ0n) is 17.0. The lowest BCUT2D eigenvalue weighted by Crippen LogP contribution is -2.39. The van der Waals surface area contributed by atoms with Crippen LogP contribution in [-0.2, 0) is 23.1 Å². The summed E-state index contributed by atoms with van der Waals surface area (Å²) in [5, 5.41) is 5.08. The molecule has 0 radical (unpaired) electrons. The molecular formula is C21H25FN4O3. The highest BCUT2D eigenvalue weighted by atomic mass is 19.1. The van der Waals surface area contributed by atoms with Crippen LogP contribution in [0.3, 0.4) is 0 Å². The number of hydrogen-bond donors (Lipinski definition) is 1. The molecule has 0 aliphatic carbocycles. The molecule has 1 aromatic carbocycles. The average Bonchev–Trinajstić information content (AvgIpc) is 3.32. The zero-order valence-corrected chi connectivity index (χ0v) is 17.0. The first kappa shape index (κ1) is 19.6. The van der Waals surface area contributed by atoms with Crippen LogP contribution in [-0.4, -0.2) is 50.6 Å². The summed E-state index contributed by atoms with van der Waals surface area (Å²) in [6.07, 6.45) is 1.56. The van der Waals surface area contributed by atoms with Crippen LogP contribution in [0.1, 0.15) is 35.6 Å². The molecule has 4 rings (SSSR count). The molecule has 3 aromatic rings. The van der Waals surface area contributed by atoms with Gasteiger partial charge in [-0.25, -0.2) is 4.39 Å². The summed E-state index contributed by atoms with van der Waals surface area (Å²) < 4.78 is 27.0. The van der Waals surface area contributed by atoms with Gasteiger partial charge in [-0.3, -0.25) is 9.48 Å². The Morgan fingerprint density at radius 2 is 2.21 bits per heavy atom. The third-order valence-electron chi connectivity index (χ3n) is 5.20. The molecule has 8 heteroatoms. The van der Waals surface area contributed by atoms with Crippen LogP contribution >= 0.6 is 0 Å². The highest BCUT2D eigenvalue weighted by Gasteiger charge is 2.35. The molecule has 1 amide bonds. The molecule has 1 saturated heterocycles. The number of aryl methyl sites for hydroxylation is 2. The standard InChI is InChI=1S/C21H25FN4O3/c1-13-7-19(24-25(13)4)20(27)26(11-16-12-28-21(2,3)29-16)10-14-9-23-18-6-5-15(22)8-17(14)18/h5-9,16,23H,10-12H2,1-4H3/t16-/m0/s1. The molecule has 2 aromatic heterocycles. The topological polar surface area (TPSA) is 72.4 Å². The fourth-order valence-electron chi connectivity index (χ4n) is 3.63. The Morgan fingerprint density at radius 3 is 2.86 bits per heavy atom. The molecule has 1 aliphatic heterocycles. The number of carbonyl (C=O) groups is 1. The largest absolute Gasteiger partial charge is 0.361 e. The van der Waals surface area contributed by atoms with Gasteiger partial charge in [-0.1, -0.05) is 0 Å². The molecule has 0 bridgehead atoms. The predicted octanol–water partition coefficient (Wildman–Crippen LogP) is 3.14. The van der Waals surface area contributed by atoms with Crippen LogP contribution in [0.15, 0.2) is 30.5 Å². The van der Waals surface area contributed by atoms with E-state index < -0.39 is 5.79 Å². The van der Waals surface area contributed by atoms with E-state index in [4.69, 9.17) is 9.47 Å². The maximum atomic E-state index is 13.8. The van der Waals surface area contributed by atoms with Gasteiger partial charge in [0.05, 0.1) is 6.61 Å². The van der Waals surface area contributed by atoms with Crippen LogP contribution in [0, 0.1) is 12.7 Å². The van der Waals surface area contributed by atoms with Gasteiger partial charge in [0.1, 0.15) is 11.9 Å². The summed E-state index contributed by atoms with van der Waals surface area (Å²) in [5.74, 6) is -1.19. The van der Waals surface area contributed by atoms with Crippen molar-refractivity contribution in [3.8, 4) is 0 Å². The lowest BCUT2D eigenvalue weighted by Gasteiger charge is -2.25. The quantitative estimate of drug-likeness (QED) is 0.714. The number of hydrogen-bond acceptors (Lipinski definition) is 4. The van der Waals surface area contributed by atoms with Crippen LogP contribution in [0.25, 0.3) is 10.9 Å². The van der Waals surface area contributed by atoms with E-state index in [0.717, 1.165) is 22.2 Å². The minimum absolute atomic E-state index is 0.201. The fourth-order valence-corrected chi connectivity index (χ4v) is 3.63. The number of aromatic nitrogens is 3. The average molecular weight is 400 g/mol. The minimum Gasteiger partial charge on any atom is -0.361 e. The Bertz CT molecular complexity index is 1040. The van der Waals surface area contributed by atoms with Crippen molar-refractivity contribution in [2.75, 3.05) is 13.2 Å². The van der Waals surface area contributed by atoms with Gasteiger partial charge in [0, 0.05) is 42.9 Å². The minimum atomic E-state index is -0.676. The molecule has 29 heavy (non-hydrogen) atoms. The van der Waals surface area contributed by atoms with Gasteiger partial charge in [0.25, 0.3) is 5.91 Å². The number of rotatable bonds is 5. The Balaban J connectivity index is 1.63. The summed E-state index contributed by atoms with van der Waals surface area (Å²) in [6.45, 7) is 6.65. The number of benzene rings is 1. The first-order valence-corrected chi connectivity index (χ1v) is 9.59. The van der Waals surface area contributed by atoms with E-state index in [2.05, 4.69) is 10.1 Å². The monoisotopic (exact) mass is 400 g/mol. The van der Waals surface area contributed by atoms with Gasteiger partial charge < -0.3 is 19.4 Å². The van der Waals surface area contributed by atoms with Crippen LogP contribution < -0.4 is 0 Å². The van der Waals surface area contributed by atoms with Crippen molar-refractivity contribution in [1.82, 2.24) is 19.7 Å². The summed E-state index contributed by atoms with van der Waals surface area (Å²) in [7, 11) is 1.80. The second kappa shape index (κ2) is 7.27. The third kappa shape index (κ3) is 4.04. The lowest BCUT2D eigenvalue weighted by molar-refractivity contribution is -0.139. The first-order valence-electron chi connectivity index (χ1n) is 9.59. The fraction of sp³-hybridized carbons (Fsp3) is 0.429. The third-order valence-corrected chi connectivity index (χ3v) is 5.20. The SMILES string of the molecule is Cc1cc(C(=O)N(Cc2c[nH]c3ccc(F)cc23)C[C@H]2COC(C)(C)O2)nn1C. The van der Waals surface area contributed by atoms with E-state index in [1.807, 2.05) is 27.0 Å². The molecule has 1 fully saturated rings. The summed E-state index contributed by atoms with van der Waals surface area (Å²) in [5.41, 5.74) is 2.92. The number of ether oxygens (including phenoxy) is 2. The van der Waals surface area contributed by atoms with Gasteiger partial charge in [0.2, 0.25) is 0 Å². The zero-order chi connectivity index (χ0) is 20.8. The van der Waals surface area contributed by atoms with E-state index in [9.17, 15) is 9.18 Å². The lowest BCUT2D eigenvalue weighted by atomic mass is 10.1. The van der Waals surface area contributed by atoms with Crippen LogP contribution in [0.2, 0.25) is 0 Å². The Morgan fingerprint density at radius 1 is 1.41 bits per heavy atom. The molecule has 3 heterocycles. The Labute approximate surface area is 168 Å². The molecular weight excluding hydrogens is 375 g/mol. The summed E-state index contributed by atoms with van der Waals surface area (Å²) in [6, 6.07) is 6.35. The van der Waals surface area contributed by atoms with Crippen molar-refractivity contribution in [3.05, 3.63) is 53.2 Å². The van der Waals surface area contributed by atoms with Crippen molar-refractivity contribution in [2.45, 2.75) is 39.2 Å². The second-order valence-electron chi connectivity index (χ2n) is 7.93. The van der Waals surface area contributed by atoms with Crippen molar-refractivity contribution >= 4 is 16.8 Å². The first-order chi connectivity index (χ1) is 13.7. The molecule has 0 saturated carbocycles. The number of carbonyl (C=O) groups excluding carboxylic acids is 1. The predicted molar refractivity (Wildman–Crippen MR) is 106 cm³/mol. The number of nitrogens with zero attached hydrogens (tertiary/aromatic N) is 3. The van der Waals surface area contributed by atoms with E-state index in [1.165, 1.54) is 12.1 Å². The number of nitrogens with one attached hydrogen (secondary N) is 1. The molecule has 0 spiro atoms. The second-order valence-corrected chi connectivity index (χ2v) is 7.93. The molecule has 1 atom stereocenters. The van der Waals surface area contributed by atoms with E-state index in [0.29, 0.717) is 25.4 Å². The number of halogens is 1. The van der Waals surface area contributed by atoms with Gasteiger partial charge >= 0.3 is 0 Å². The summed E-state index contributed by atoms with van der Waals surface area (Å²) >= 11 is 0. The number of fused-ring (bicyclic) bond motifs is 1. The smallest absolute Gasteiger partial charge is 0.274 e. The van der Waals surface area contributed by atoms with Crippen molar-refractivity contribution in [3.63, 3.8) is 0 Å². The number of amides is 1. The Kier molecular flexibility index (Phi) is 4.92. The van der Waals surface area contributed by atoms with Crippen LogP contribution in [0.4, 0.5) is 4.39 Å². The van der Waals surface area contributed by atoms with Crippen molar-refractivity contribution < 1.29 is 18.7 Å². The van der Waals surface area contributed by atoms with Gasteiger partial charge in [-0.15, -0.1) is 0 Å². The maximum absolute atomic E-state index is 13.8. The molecule has 1 aliphatic rings. The van der Waals surface area contributed by atoms with E-state index in [1.54, 1.807) is 28.8 Å². The van der Waals surface area contributed by atoms with Crippen molar-refractivity contribution in [1.29, 1.82) is 0 Å². The van der Waals surface area contributed by atoms with E-state index in [-0.39, 0.29) is 17.8 Å². The van der Waals surface area contributed by atoms with Gasteiger partial charge in [0.15, 0.2) is 11.5 Å². The molecule has 154 valence electrons. The highest BCUT2D eigenvalue weighted by molar-refractivity contribution is 5.93. The summed E-state index contributed by atoms with van der Waals surface area (Å²) in [4.78, 5) is 18.1. The highest BCUT2D eigenvalue weighted by Crippen LogP contribution is 2.26. The van der Waals surface area contributed by atoms with Gasteiger partial charge in [-0.05, 0) is 50.6 Å². The maximum Gasteiger partial charge on any atom is 0.274 e. The number of aromatic amines is 1. The van der Waals surface area contributed by atoms with Crippen molar-refractivity contribution in [2.24, 2.45) is 7.05 Å².